The van der Waals surface area contributed by atoms with Crippen LogP contribution in [-0.2, 0) is 4.74 Å². The number of hydrogen-bond acceptors (Lipinski definition) is 3. The van der Waals surface area contributed by atoms with Gasteiger partial charge in [-0.05, 0) is 30.5 Å². The minimum absolute atomic E-state index is 0.0819. The van der Waals surface area contributed by atoms with Crippen molar-refractivity contribution in [3.8, 4) is 0 Å². The van der Waals surface area contributed by atoms with Gasteiger partial charge in [0.25, 0.3) is 5.91 Å². The summed E-state index contributed by atoms with van der Waals surface area (Å²) in [6, 6.07) is 4.73. The van der Waals surface area contributed by atoms with Crippen LogP contribution in [0.5, 0.6) is 0 Å². The number of rotatable bonds is 6. The lowest BCUT2D eigenvalue weighted by Gasteiger charge is -2.35. The Morgan fingerprint density at radius 3 is 2.70 bits per heavy atom. The molecule has 1 aromatic rings. The molecule has 1 amide bonds. The molecular weight excluding hydrogens is 363 g/mol. The van der Waals surface area contributed by atoms with Gasteiger partial charge in [0.05, 0.1) is 18.8 Å². The largest absolute Gasteiger partial charge is 0.379 e. The summed E-state index contributed by atoms with van der Waals surface area (Å²) in [7, 11) is 0. The van der Waals surface area contributed by atoms with Gasteiger partial charge in [0.15, 0.2) is 0 Å². The first-order valence-corrected chi connectivity index (χ1v) is 8.81. The van der Waals surface area contributed by atoms with E-state index in [2.05, 4.69) is 40.0 Å². The molecule has 0 bridgehead atoms. The molecule has 1 N–H and O–H groups in total. The summed E-state index contributed by atoms with van der Waals surface area (Å²) in [6.45, 7) is 8.06. The number of benzene rings is 1. The number of hydrogen-bond donors (Lipinski definition) is 1. The monoisotopic (exact) mass is 386 g/mol. The van der Waals surface area contributed by atoms with Crippen molar-refractivity contribution in [3.05, 3.63) is 34.1 Å². The number of carbonyl (C=O) groups is 1. The van der Waals surface area contributed by atoms with Crippen molar-refractivity contribution in [3.63, 3.8) is 0 Å². The van der Waals surface area contributed by atoms with Gasteiger partial charge in [-0.2, -0.15) is 0 Å². The van der Waals surface area contributed by atoms with Crippen LogP contribution in [-0.4, -0.2) is 49.7 Å². The second-order valence-corrected chi connectivity index (χ2v) is 7.18. The smallest absolute Gasteiger partial charge is 0.254 e. The highest BCUT2D eigenvalue weighted by molar-refractivity contribution is 9.10. The van der Waals surface area contributed by atoms with Crippen molar-refractivity contribution in [1.29, 1.82) is 0 Å². The molecule has 1 saturated heterocycles. The summed E-state index contributed by atoms with van der Waals surface area (Å²) in [4.78, 5) is 14.6. The summed E-state index contributed by atoms with van der Waals surface area (Å²) in [5, 5.41) is 2.89. The number of halogens is 2. The molecule has 1 aliphatic rings. The molecule has 6 heteroatoms. The van der Waals surface area contributed by atoms with Crippen LogP contribution in [0.4, 0.5) is 4.39 Å². The molecule has 2 rings (SSSR count). The zero-order valence-corrected chi connectivity index (χ0v) is 15.2. The molecule has 0 radical (unpaired) electrons. The SMILES string of the molecule is CC(C)C[C@H](CNC(=O)c1ccc(Br)cc1F)N1CCOCC1. The van der Waals surface area contributed by atoms with Gasteiger partial charge in [-0.1, -0.05) is 29.8 Å². The molecule has 0 aliphatic carbocycles. The fraction of sp³-hybridized carbons (Fsp3) is 0.588. The molecule has 1 aromatic carbocycles. The van der Waals surface area contributed by atoms with Crippen molar-refractivity contribution in [2.75, 3.05) is 32.8 Å². The number of morpholine rings is 1. The number of nitrogens with one attached hydrogen (secondary N) is 1. The van der Waals surface area contributed by atoms with Gasteiger partial charge >= 0.3 is 0 Å². The maximum Gasteiger partial charge on any atom is 0.254 e. The fourth-order valence-electron chi connectivity index (χ4n) is 2.83. The molecule has 0 spiro atoms. The molecule has 4 nitrogen and oxygen atoms in total. The zero-order chi connectivity index (χ0) is 16.8. The summed E-state index contributed by atoms with van der Waals surface area (Å²) >= 11 is 3.20. The molecule has 1 atom stereocenters. The number of ether oxygens (including phenoxy) is 1. The van der Waals surface area contributed by atoms with Crippen LogP contribution in [0.3, 0.4) is 0 Å². The second kappa shape index (κ2) is 8.76. The quantitative estimate of drug-likeness (QED) is 0.816. The number of nitrogens with zero attached hydrogens (tertiary/aromatic N) is 1. The molecule has 128 valence electrons. The number of amides is 1. The summed E-state index contributed by atoms with van der Waals surface area (Å²) in [6.07, 6.45) is 0.989. The van der Waals surface area contributed by atoms with E-state index in [9.17, 15) is 9.18 Å². The molecule has 1 heterocycles. The molecule has 1 aliphatic heterocycles. The molecule has 23 heavy (non-hydrogen) atoms. The highest BCUT2D eigenvalue weighted by atomic mass is 79.9. The van der Waals surface area contributed by atoms with Crippen LogP contribution < -0.4 is 5.32 Å². The van der Waals surface area contributed by atoms with E-state index in [4.69, 9.17) is 4.74 Å². The minimum atomic E-state index is -0.511. The van der Waals surface area contributed by atoms with E-state index in [0.29, 0.717) is 16.9 Å². The van der Waals surface area contributed by atoms with Crippen molar-refractivity contribution >= 4 is 21.8 Å². The summed E-state index contributed by atoms with van der Waals surface area (Å²) in [5.74, 6) is -0.343. The van der Waals surface area contributed by atoms with Gasteiger partial charge < -0.3 is 10.1 Å². The highest BCUT2D eigenvalue weighted by Gasteiger charge is 2.23. The van der Waals surface area contributed by atoms with Crippen LogP contribution in [0, 0.1) is 11.7 Å². The summed E-state index contributed by atoms with van der Waals surface area (Å²) in [5.41, 5.74) is 0.0819. The number of carbonyl (C=O) groups excluding carboxylic acids is 1. The lowest BCUT2D eigenvalue weighted by Crippen LogP contribution is -2.49. The van der Waals surface area contributed by atoms with E-state index in [0.717, 1.165) is 32.7 Å². The van der Waals surface area contributed by atoms with E-state index in [-0.39, 0.29) is 17.5 Å². The standard InChI is InChI=1S/C17H24BrFN2O2/c1-12(2)9-14(21-5-7-23-8-6-21)11-20-17(22)15-4-3-13(18)10-16(15)19/h3-4,10,12,14H,5-9,11H2,1-2H3,(H,20,22)/t14-/m1/s1. The van der Waals surface area contributed by atoms with Crippen molar-refractivity contribution in [2.24, 2.45) is 5.92 Å². The van der Waals surface area contributed by atoms with Crippen molar-refractivity contribution < 1.29 is 13.9 Å². The fourth-order valence-corrected chi connectivity index (χ4v) is 3.16. The van der Waals surface area contributed by atoms with Crippen LogP contribution in [0.1, 0.15) is 30.6 Å². The van der Waals surface area contributed by atoms with E-state index in [1.54, 1.807) is 6.07 Å². The molecule has 1 fully saturated rings. The Bertz CT molecular complexity index is 533. The van der Waals surface area contributed by atoms with Gasteiger partial charge in [-0.15, -0.1) is 0 Å². The maximum atomic E-state index is 13.9. The van der Waals surface area contributed by atoms with Crippen LogP contribution >= 0.6 is 15.9 Å². The summed E-state index contributed by atoms with van der Waals surface area (Å²) < 4.78 is 19.9. The highest BCUT2D eigenvalue weighted by Crippen LogP contribution is 2.16. The second-order valence-electron chi connectivity index (χ2n) is 6.27. The Morgan fingerprint density at radius 1 is 1.39 bits per heavy atom. The minimum Gasteiger partial charge on any atom is -0.379 e. The predicted octanol–water partition coefficient (Wildman–Crippen LogP) is 3.06. The van der Waals surface area contributed by atoms with Gasteiger partial charge in [-0.25, -0.2) is 4.39 Å². The van der Waals surface area contributed by atoms with Crippen LogP contribution in [0.2, 0.25) is 0 Å². The average molecular weight is 387 g/mol. The zero-order valence-electron chi connectivity index (χ0n) is 13.6. The predicted molar refractivity (Wildman–Crippen MR) is 92.1 cm³/mol. The molecule has 0 unspecified atom stereocenters. The average Bonchev–Trinajstić information content (AvgIpc) is 2.51. The van der Waals surface area contributed by atoms with E-state index < -0.39 is 5.82 Å². The first kappa shape index (κ1) is 18.4. The third-order valence-electron chi connectivity index (χ3n) is 3.98. The van der Waals surface area contributed by atoms with Crippen LogP contribution in [0.15, 0.2) is 22.7 Å². The lowest BCUT2D eigenvalue weighted by molar-refractivity contribution is 0.0124. The van der Waals surface area contributed by atoms with E-state index >= 15 is 0 Å². The Labute approximate surface area is 145 Å². The van der Waals surface area contributed by atoms with Gasteiger partial charge in [0, 0.05) is 30.1 Å². The lowest BCUT2D eigenvalue weighted by atomic mass is 10.0. The van der Waals surface area contributed by atoms with Crippen LogP contribution in [0.25, 0.3) is 0 Å². The maximum absolute atomic E-state index is 13.9. The normalized spacial score (nSPS) is 17.3. The first-order chi connectivity index (χ1) is 11.0. The topological polar surface area (TPSA) is 41.6 Å². The van der Waals surface area contributed by atoms with Crippen molar-refractivity contribution in [2.45, 2.75) is 26.3 Å². The Hall–Kier alpha value is -0.980. The third kappa shape index (κ3) is 5.55. The Kier molecular flexibility index (Phi) is 6.99. The Morgan fingerprint density at radius 2 is 2.09 bits per heavy atom. The van der Waals surface area contributed by atoms with Gasteiger partial charge in [-0.3, -0.25) is 9.69 Å². The third-order valence-corrected chi connectivity index (χ3v) is 4.47. The molecule has 0 saturated carbocycles. The van der Waals surface area contributed by atoms with E-state index in [1.165, 1.54) is 12.1 Å². The van der Waals surface area contributed by atoms with E-state index in [1.807, 2.05) is 0 Å². The van der Waals surface area contributed by atoms with Gasteiger partial charge in [0.1, 0.15) is 5.82 Å². The van der Waals surface area contributed by atoms with Gasteiger partial charge in [0.2, 0.25) is 0 Å². The first-order valence-electron chi connectivity index (χ1n) is 8.02. The molecular formula is C17H24BrFN2O2. The van der Waals surface area contributed by atoms with Crippen molar-refractivity contribution in [1.82, 2.24) is 10.2 Å². The molecule has 0 aromatic heterocycles. The Balaban J connectivity index is 1.97.